The highest BCUT2D eigenvalue weighted by Gasteiger charge is 2.44. The molecule has 3 N–H and O–H groups in total. The number of aliphatic carboxylic acids is 1. The van der Waals surface area contributed by atoms with E-state index in [4.69, 9.17) is 0 Å². The van der Waals surface area contributed by atoms with Crippen LogP contribution in [0, 0.1) is 11.8 Å². The molecule has 1 saturated heterocycles. The Morgan fingerprint density at radius 1 is 1.33 bits per heavy atom. The van der Waals surface area contributed by atoms with Gasteiger partial charge in [0.1, 0.15) is 5.54 Å². The van der Waals surface area contributed by atoms with Crippen LogP contribution in [0.2, 0.25) is 0 Å². The van der Waals surface area contributed by atoms with E-state index in [0.717, 1.165) is 19.3 Å². The third kappa shape index (κ3) is 2.51. The van der Waals surface area contributed by atoms with Crippen LogP contribution in [0.3, 0.4) is 0 Å². The van der Waals surface area contributed by atoms with Gasteiger partial charge in [-0.05, 0) is 31.6 Å². The molecule has 0 atom stereocenters. The molecule has 0 aromatic heterocycles. The van der Waals surface area contributed by atoms with Gasteiger partial charge in [-0.15, -0.1) is 0 Å². The maximum absolute atomic E-state index is 11.9. The van der Waals surface area contributed by atoms with Crippen molar-refractivity contribution in [3.8, 4) is 0 Å². The number of rotatable bonds is 4. The van der Waals surface area contributed by atoms with E-state index >= 15 is 0 Å². The molecule has 1 aliphatic heterocycles. The summed E-state index contributed by atoms with van der Waals surface area (Å²) in [6.07, 6.45) is 4.01. The van der Waals surface area contributed by atoms with Gasteiger partial charge in [0.25, 0.3) is 0 Å². The molecular weight excluding hydrogens is 232 g/mol. The Morgan fingerprint density at radius 3 is 2.33 bits per heavy atom. The molecule has 1 aliphatic carbocycles. The van der Waals surface area contributed by atoms with Crippen molar-refractivity contribution in [2.24, 2.45) is 11.8 Å². The van der Waals surface area contributed by atoms with E-state index in [-0.39, 0.29) is 11.8 Å². The van der Waals surface area contributed by atoms with E-state index in [1.165, 1.54) is 0 Å². The molecule has 0 unspecified atom stereocenters. The van der Waals surface area contributed by atoms with Gasteiger partial charge in [0.2, 0.25) is 5.91 Å². The minimum absolute atomic E-state index is 0.0508. The number of hydrogen-bond donors (Lipinski definition) is 3. The van der Waals surface area contributed by atoms with Crippen LogP contribution >= 0.6 is 0 Å². The first-order valence-electron chi connectivity index (χ1n) is 6.83. The van der Waals surface area contributed by atoms with Gasteiger partial charge in [0.05, 0.1) is 5.92 Å². The van der Waals surface area contributed by atoms with Crippen LogP contribution < -0.4 is 10.6 Å². The zero-order chi connectivity index (χ0) is 13.2. The zero-order valence-electron chi connectivity index (χ0n) is 10.9. The van der Waals surface area contributed by atoms with Crippen molar-refractivity contribution in [2.75, 3.05) is 13.1 Å². The molecule has 5 heteroatoms. The van der Waals surface area contributed by atoms with Crippen LogP contribution in [0.15, 0.2) is 0 Å². The molecule has 1 saturated carbocycles. The summed E-state index contributed by atoms with van der Waals surface area (Å²) >= 11 is 0. The molecule has 0 aromatic rings. The van der Waals surface area contributed by atoms with Crippen molar-refractivity contribution >= 4 is 11.9 Å². The SMILES string of the molecule is CCC1CCC(NC(=O)C2CNC2)(C(=O)O)CC1. The molecule has 0 spiro atoms. The first kappa shape index (κ1) is 13.3. The smallest absolute Gasteiger partial charge is 0.329 e. The Hall–Kier alpha value is -1.10. The predicted octanol–water partition coefficient (Wildman–Crippen LogP) is 0.746. The van der Waals surface area contributed by atoms with Crippen molar-refractivity contribution in [2.45, 2.75) is 44.6 Å². The lowest BCUT2D eigenvalue weighted by atomic mass is 9.75. The van der Waals surface area contributed by atoms with Gasteiger partial charge < -0.3 is 15.7 Å². The maximum Gasteiger partial charge on any atom is 0.329 e. The van der Waals surface area contributed by atoms with Crippen molar-refractivity contribution in [3.05, 3.63) is 0 Å². The van der Waals surface area contributed by atoms with Crippen LogP contribution in [0.4, 0.5) is 0 Å². The van der Waals surface area contributed by atoms with E-state index in [2.05, 4.69) is 17.6 Å². The van der Waals surface area contributed by atoms with Crippen LogP contribution in [0.1, 0.15) is 39.0 Å². The summed E-state index contributed by atoms with van der Waals surface area (Å²) in [7, 11) is 0. The fraction of sp³-hybridized carbons (Fsp3) is 0.846. The van der Waals surface area contributed by atoms with Gasteiger partial charge in [-0.1, -0.05) is 13.3 Å². The first-order chi connectivity index (χ1) is 8.57. The topological polar surface area (TPSA) is 78.4 Å². The second kappa shape index (κ2) is 5.26. The van der Waals surface area contributed by atoms with Crippen LogP contribution in [-0.2, 0) is 9.59 Å². The van der Waals surface area contributed by atoms with E-state index < -0.39 is 11.5 Å². The van der Waals surface area contributed by atoms with Gasteiger partial charge >= 0.3 is 5.97 Å². The summed E-state index contributed by atoms with van der Waals surface area (Å²) in [6.45, 7) is 3.47. The molecule has 0 bridgehead atoms. The van der Waals surface area contributed by atoms with Crippen LogP contribution in [0.5, 0.6) is 0 Å². The standard InChI is InChI=1S/C13H22N2O3/c1-2-9-3-5-13(6-4-9,12(17)18)15-11(16)10-7-14-8-10/h9-10,14H,2-8H2,1H3,(H,15,16)(H,17,18). The van der Waals surface area contributed by atoms with E-state index in [9.17, 15) is 14.7 Å². The Bertz CT molecular complexity index is 331. The van der Waals surface area contributed by atoms with Crippen LogP contribution in [-0.4, -0.2) is 35.6 Å². The molecule has 2 fully saturated rings. The Kier molecular flexibility index (Phi) is 3.90. The number of amides is 1. The summed E-state index contributed by atoms with van der Waals surface area (Å²) in [5.41, 5.74) is -1.02. The Labute approximate surface area is 107 Å². The second-order valence-electron chi connectivity index (χ2n) is 5.58. The number of carboxylic acids is 1. The number of carbonyl (C=O) groups excluding carboxylic acids is 1. The summed E-state index contributed by atoms with van der Waals surface area (Å²) in [6, 6.07) is 0. The summed E-state index contributed by atoms with van der Waals surface area (Å²) < 4.78 is 0. The molecule has 0 radical (unpaired) electrons. The average molecular weight is 254 g/mol. The molecule has 2 aliphatic rings. The van der Waals surface area contributed by atoms with Crippen molar-refractivity contribution in [1.29, 1.82) is 0 Å². The molecule has 1 heterocycles. The normalized spacial score (nSPS) is 32.6. The van der Waals surface area contributed by atoms with E-state index in [1.54, 1.807) is 0 Å². The van der Waals surface area contributed by atoms with Crippen LogP contribution in [0.25, 0.3) is 0 Å². The van der Waals surface area contributed by atoms with E-state index in [1.807, 2.05) is 0 Å². The van der Waals surface area contributed by atoms with Crippen molar-refractivity contribution in [3.63, 3.8) is 0 Å². The largest absolute Gasteiger partial charge is 0.480 e. The maximum atomic E-state index is 11.9. The predicted molar refractivity (Wildman–Crippen MR) is 67.1 cm³/mol. The van der Waals surface area contributed by atoms with Gasteiger partial charge in [-0.25, -0.2) is 4.79 Å². The lowest BCUT2D eigenvalue weighted by molar-refractivity contribution is -0.150. The molecule has 0 aromatic carbocycles. The molecule has 1 amide bonds. The molecule has 102 valence electrons. The Balaban J connectivity index is 1.99. The lowest BCUT2D eigenvalue weighted by Crippen LogP contribution is -2.61. The zero-order valence-corrected chi connectivity index (χ0v) is 10.9. The molecular formula is C13H22N2O3. The number of carboxylic acid groups (broad SMARTS) is 1. The first-order valence-corrected chi connectivity index (χ1v) is 6.83. The molecule has 5 nitrogen and oxygen atoms in total. The summed E-state index contributed by atoms with van der Waals surface area (Å²) in [5, 5.41) is 15.3. The second-order valence-corrected chi connectivity index (χ2v) is 5.58. The highest BCUT2D eigenvalue weighted by Crippen LogP contribution is 2.34. The number of hydrogen-bond acceptors (Lipinski definition) is 3. The Morgan fingerprint density at radius 2 is 1.94 bits per heavy atom. The van der Waals surface area contributed by atoms with Gasteiger partial charge in [-0.3, -0.25) is 4.79 Å². The summed E-state index contributed by atoms with van der Waals surface area (Å²) in [4.78, 5) is 23.4. The van der Waals surface area contributed by atoms with Gasteiger partial charge in [-0.2, -0.15) is 0 Å². The molecule has 2 rings (SSSR count). The minimum atomic E-state index is -1.02. The highest BCUT2D eigenvalue weighted by atomic mass is 16.4. The third-order valence-electron chi connectivity index (χ3n) is 4.46. The van der Waals surface area contributed by atoms with E-state index in [0.29, 0.717) is 31.8 Å². The van der Waals surface area contributed by atoms with Gasteiger partial charge in [0.15, 0.2) is 0 Å². The molecule has 18 heavy (non-hydrogen) atoms. The van der Waals surface area contributed by atoms with Gasteiger partial charge in [0, 0.05) is 13.1 Å². The summed E-state index contributed by atoms with van der Waals surface area (Å²) in [5.74, 6) is -0.423. The monoisotopic (exact) mass is 254 g/mol. The quantitative estimate of drug-likeness (QED) is 0.691. The lowest BCUT2D eigenvalue weighted by Gasteiger charge is -2.39. The fourth-order valence-electron chi connectivity index (χ4n) is 2.78. The third-order valence-corrected chi connectivity index (χ3v) is 4.46. The minimum Gasteiger partial charge on any atom is -0.480 e. The number of nitrogens with one attached hydrogen (secondary N) is 2. The van der Waals surface area contributed by atoms with Crippen molar-refractivity contribution < 1.29 is 14.7 Å². The number of carbonyl (C=O) groups is 2. The van der Waals surface area contributed by atoms with Crippen molar-refractivity contribution in [1.82, 2.24) is 10.6 Å². The highest BCUT2D eigenvalue weighted by molar-refractivity contribution is 5.88. The fourth-order valence-corrected chi connectivity index (χ4v) is 2.78. The average Bonchev–Trinajstić information content (AvgIpc) is 2.27.